The molecule has 1 aliphatic rings. The molecule has 0 aromatic carbocycles. The fraction of sp³-hybridized carbons (Fsp3) is 0.667. The number of hydrogen-bond acceptors (Lipinski definition) is 3. The lowest BCUT2D eigenvalue weighted by Crippen LogP contribution is -2.33. The summed E-state index contributed by atoms with van der Waals surface area (Å²) in [7, 11) is 0. The Kier molecular flexibility index (Phi) is 2.86. The molecule has 0 amide bonds. The van der Waals surface area contributed by atoms with Gasteiger partial charge in [0.25, 0.3) is 0 Å². The highest BCUT2D eigenvalue weighted by Crippen LogP contribution is 2.29. The number of fused-ring (bicyclic) bond motifs is 1. The smallest absolute Gasteiger partial charge is 0.184 e. The molecule has 1 aliphatic carbocycles. The van der Waals surface area contributed by atoms with Crippen LogP contribution in [-0.4, -0.2) is 17.6 Å². The SMILES string of the molecule is CCNC1CCc2nc(Cl)sc2C1. The van der Waals surface area contributed by atoms with Crippen LogP contribution in [0.5, 0.6) is 0 Å². The van der Waals surface area contributed by atoms with E-state index in [1.165, 1.54) is 17.0 Å². The lowest BCUT2D eigenvalue weighted by Gasteiger charge is -2.21. The summed E-state index contributed by atoms with van der Waals surface area (Å²) in [6.07, 6.45) is 3.38. The van der Waals surface area contributed by atoms with Crippen molar-refractivity contribution in [3.8, 4) is 0 Å². The summed E-state index contributed by atoms with van der Waals surface area (Å²) < 4.78 is 0.696. The van der Waals surface area contributed by atoms with Gasteiger partial charge in [0.2, 0.25) is 0 Å². The highest BCUT2D eigenvalue weighted by molar-refractivity contribution is 7.15. The van der Waals surface area contributed by atoms with Crippen LogP contribution in [0.2, 0.25) is 4.47 Å². The second-order valence-electron chi connectivity index (χ2n) is 3.33. The third-order valence-electron chi connectivity index (χ3n) is 2.41. The Labute approximate surface area is 87.3 Å². The van der Waals surface area contributed by atoms with Gasteiger partial charge < -0.3 is 5.32 Å². The maximum atomic E-state index is 5.86. The van der Waals surface area contributed by atoms with E-state index in [1.807, 2.05) is 0 Å². The van der Waals surface area contributed by atoms with Crippen molar-refractivity contribution >= 4 is 22.9 Å². The number of halogens is 1. The second kappa shape index (κ2) is 3.95. The highest BCUT2D eigenvalue weighted by Gasteiger charge is 2.21. The van der Waals surface area contributed by atoms with E-state index in [-0.39, 0.29) is 0 Å². The third-order valence-corrected chi connectivity index (χ3v) is 3.63. The molecule has 2 rings (SSSR count). The molecule has 0 fully saturated rings. The molecule has 0 radical (unpaired) electrons. The minimum Gasteiger partial charge on any atom is -0.314 e. The van der Waals surface area contributed by atoms with Crippen LogP contribution in [0.25, 0.3) is 0 Å². The zero-order valence-corrected chi connectivity index (χ0v) is 9.21. The molecule has 72 valence electrons. The van der Waals surface area contributed by atoms with Gasteiger partial charge in [0.15, 0.2) is 4.47 Å². The standard InChI is InChI=1S/C9H13ClN2S/c1-2-11-6-3-4-7-8(5-6)13-9(10)12-7/h6,11H,2-5H2,1H3. The average molecular weight is 217 g/mol. The Morgan fingerprint density at radius 1 is 1.69 bits per heavy atom. The van der Waals surface area contributed by atoms with Gasteiger partial charge in [0.1, 0.15) is 0 Å². The van der Waals surface area contributed by atoms with Gasteiger partial charge in [0, 0.05) is 10.9 Å². The van der Waals surface area contributed by atoms with Gasteiger partial charge in [-0.05, 0) is 25.8 Å². The number of likely N-dealkylation sites (N-methyl/N-ethyl adjacent to an activating group) is 1. The van der Waals surface area contributed by atoms with Gasteiger partial charge in [-0.2, -0.15) is 0 Å². The van der Waals surface area contributed by atoms with Gasteiger partial charge in [-0.25, -0.2) is 4.98 Å². The Morgan fingerprint density at radius 2 is 2.54 bits per heavy atom. The van der Waals surface area contributed by atoms with Gasteiger partial charge in [0.05, 0.1) is 5.69 Å². The molecule has 1 aromatic heterocycles. The summed E-state index contributed by atoms with van der Waals surface area (Å²) in [5.41, 5.74) is 1.23. The summed E-state index contributed by atoms with van der Waals surface area (Å²) in [6.45, 7) is 3.20. The molecule has 1 heterocycles. The van der Waals surface area contributed by atoms with Crippen molar-refractivity contribution in [1.82, 2.24) is 10.3 Å². The molecule has 0 aliphatic heterocycles. The molecule has 1 aromatic rings. The molecule has 1 atom stereocenters. The van der Waals surface area contributed by atoms with Crippen molar-refractivity contribution in [1.29, 1.82) is 0 Å². The summed E-state index contributed by atoms with van der Waals surface area (Å²) in [6, 6.07) is 0.633. The maximum Gasteiger partial charge on any atom is 0.184 e. The van der Waals surface area contributed by atoms with E-state index in [0.717, 1.165) is 19.4 Å². The third kappa shape index (κ3) is 2.03. The zero-order valence-electron chi connectivity index (χ0n) is 7.64. The van der Waals surface area contributed by atoms with Crippen molar-refractivity contribution in [2.75, 3.05) is 6.54 Å². The fourth-order valence-electron chi connectivity index (χ4n) is 1.81. The van der Waals surface area contributed by atoms with Gasteiger partial charge in [-0.3, -0.25) is 0 Å². The predicted molar refractivity (Wildman–Crippen MR) is 56.6 cm³/mol. The molecule has 4 heteroatoms. The molecular weight excluding hydrogens is 204 g/mol. The quantitative estimate of drug-likeness (QED) is 0.821. The molecule has 1 N–H and O–H groups in total. The molecule has 13 heavy (non-hydrogen) atoms. The monoisotopic (exact) mass is 216 g/mol. The largest absolute Gasteiger partial charge is 0.314 e. The molecule has 2 nitrogen and oxygen atoms in total. The van der Waals surface area contributed by atoms with Crippen molar-refractivity contribution in [3.63, 3.8) is 0 Å². The lowest BCUT2D eigenvalue weighted by molar-refractivity contribution is 0.471. The average Bonchev–Trinajstić information content (AvgIpc) is 2.44. The molecule has 0 spiro atoms. The van der Waals surface area contributed by atoms with Crippen molar-refractivity contribution in [2.24, 2.45) is 0 Å². The number of hydrogen-bond donors (Lipinski definition) is 1. The van der Waals surface area contributed by atoms with Crippen LogP contribution in [0, 0.1) is 0 Å². The number of nitrogens with zero attached hydrogens (tertiary/aromatic N) is 1. The number of thiazole rings is 1. The number of nitrogens with one attached hydrogen (secondary N) is 1. The van der Waals surface area contributed by atoms with E-state index in [1.54, 1.807) is 11.3 Å². The Bertz CT molecular complexity index is 298. The van der Waals surface area contributed by atoms with Crippen LogP contribution in [0.1, 0.15) is 23.9 Å². The van der Waals surface area contributed by atoms with Gasteiger partial charge >= 0.3 is 0 Å². The molecule has 0 saturated carbocycles. The van der Waals surface area contributed by atoms with Crippen LogP contribution >= 0.6 is 22.9 Å². The summed E-state index contributed by atoms with van der Waals surface area (Å²) in [5.74, 6) is 0. The molecular formula is C9H13ClN2S. The summed E-state index contributed by atoms with van der Waals surface area (Å²) >= 11 is 7.50. The molecule has 0 saturated heterocycles. The second-order valence-corrected chi connectivity index (χ2v) is 5.00. The van der Waals surface area contributed by atoms with Gasteiger partial charge in [-0.15, -0.1) is 11.3 Å². The lowest BCUT2D eigenvalue weighted by atomic mass is 9.98. The molecule has 0 bridgehead atoms. The molecule has 1 unspecified atom stereocenters. The first-order valence-corrected chi connectivity index (χ1v) is 5.86. The number of aryl methyl sites for hydroxylation is 1. The zero-order chi connectivity index (χ0) is 9.26. The van der Waals surface area contributed by atoms with Crippen molar-refractivity contribution < 1.29 is 0 Å². The van der Waals surface area contributed by atoms with Crippen LogP contribution in [-0.2, 0) is 12.8 Å². The van der Waals surface area contributed by atoms with Gasteiger partial charge in [-0.1, -0.05) is 18.5 Å². The van der Waals surface area contributed by atoms with E-state index in [2.05, 4.69) is 17.2 Å². The number of rotatable bonds is 2. The van der Waals surface area contributed by atoms with E-state index >= 15 is 0 Å². The van der Waals surface area contributed by atoms with E-state index < -0.39 is 0 Å². The van der Waals surface area contributed by atoms with E-state index in [9.17, 15) is 0 Å². The van der Waals surface area contributed by atoms with E-state index in [0.29, 0.717) is 10.5 Å². The highest BCUT2D eigenvalue weighted by atomic mass is 35.5. The minimum absolute atomic E-state index is 0.633. The fourth-order valence-corrected chi connectivity index (χ4v) is 3.10. The van der Waals surface area contributed by atoms with Crippen LogP contribution in [0.3, 0.4) is 0 Å². The normalized spacial score (nSPS) is 21.5. The minimum atomic E-state index is 0.633. The van der Waals surface area contributed by atoms with Crippen LogP contribution in [0.4, 0.5) is 0 Å². The van der Waals surface area contributed by atoms with Crippen LogP contribution < -0.4 is 5.32 Å². The number of aromatic nitrogens is 1. The first-order chi connectivity index (χ1) is 6.29. The summed E-state index contributed by atoms with van der Waals surface area (Å²) in [5, 5.41) is 3.47. The summed E-state index contributed by atoms with van der Waals surface area (Å²) in [4.78, 5) is 5.68. The Hall–Kier alpha value is -0.120. The predicted octanol–water partition coefficient (Wildman–Crippen LogP) is 2.26. The first-order valence-electron chi connectivity index (χ1n) is 4.67. The van der Waals surface area contributed by atoms with Crippen molar-refractivity contribution in [2.45, 2.75) is 32.2 Å². The van der Waals surface area contributed by atoms with Crippen LogP contribution in [0.15, 0.2) is 0 Å². The topological polar surface area (TPSA) is 24.9 Å². The Morgan fingerprint density at radius 3 is 3.31 bits per heavy atom. The first kappa shape index (κ1) is 9.44. The maximum absolute atomic E-state index is 5.86. The Balaban J connectivity index is 2.10. The van der Waals surface area contributed by atoms with E-state index in [4.69, 9.17) is 11.6 Å². The van der Waals surface area contributed by atoms with Crippen molar-refractivity contribution in [3.05, 3.63) is 15.0 Å².